The van der Waals surface area contributed by atoms with E-state index in [1.165, 1.54) is 22.5 Å². The minimum absolute atomic E-state index is 0.774. The number of fused-ring (bicyclic) bond motifs is 1. The lowest BCUT2D eigenvalue weighted by molar-refractivity contribution is 0.0613. The average Bonchev–Trinajstić information content (AvgIpc) is 2.82. The van der Waals surface area contributed by atoms with Crippen molar-refractivity contribution in [2.24, 2.45) is 0 Å². The fourth-order valence-electron chi connectivity index (χ4n) is 2.65. The summed E-state index contributed by atoms with van der Waals surface area (Å²) in [5.41, 5.74) is 2.71. The molecule has 1 aliphatic rings. The zero-order valence-corrected chi connectivity index (χ0v) is 10.6. The molecule has 0 fully saturated rings. The molecule has 0 bridgehead atoms. The predicted octanol–water partition coefficient (Wildman–Crippen LogP) is 3.02. The molecule has 1 unspecified atom stereocenters. The Bertz CT molecular complexity index is 535. The van der Waals surface area contributed by atoms with Crippen LogP contribution in [0.2, 0.25) is 0 Å². The predicted molar refractivity (Wildman–Crippen MR) is 69.2 cm³/mol. The summed E-state index contributed by atoms with van der Waals surface area (Å²) in [5, 5.41) is 13.7. The van der Waals surface area contributed by atoms with Crippen LogP contribution in [0.15, 0.2) is 29.8 Å². The molecule has 3 heteroatoms. The van der Waals surface area contributed by atoms with Crippen LogP contribution in [0.5, 0.6) is 0 Å². The van der Waals surface area contributed by atoms with Crippen molar-refractivity contribution in [3.8, 4) is 0 Å². The topological polar surface area (TPSA) is 33.1 Å². The Labute approximate surface area is 105 Å². The van der Waals surface area contributed by atoms with E-state index >= 15 is 0 Å². The van der Waals surface area contributed by atoms with Crippen molar-refractivity contribution in [2.45, 2.75) is 31.8 Å². The molecule has 88 valence electrons. The number of hydrogen-bond acceptors (Lipinski definition) is 3. The zero-order chi connectivity index (χ0) is 11.9. The number of benzene rings is 1. The maximum atomic E-state index is 10.9. The van der Waals surface area contributed by atoms with Crippen LogP contribution >= 0.6 is 11.3 Å². The van der Waals surface area contributed by atoms with Gasteiger partial charge in [-0.3, -0.25) is 0 Å². The Balaban J connectivity index is 2.17. The van der Waals surface area contributed by atoms with Crippen molar-refractivity contribution < 1.29 is 5.11 Å². The molecule has 1 aromatic carbocycles. The van der Waals surface area contributed by atoms with Gasteiger partial charge in [-0.05, 0) is 37.3 Å². The summed E-state index contributed by atoms with van der Waals surface area (Å²) in [6.07, 6.45) is 4.62. The lowest BCUT2D eigenvalue weighted by atomic mass is 9.79. The molecule has 0 radical (unpaired) electrons. The van der Waals surface area contributed by atoms with E-state index in [-0.39, 0.29) is 0 Å². The number of rotatable bonds is 1. The summed E-state index contributed by atoms with van der Waals surface area (Å²) >= 11 is 1.53. The highest BCUT2D eigenvalue weighted by molar-refractivity contribution is 7.09. The molecule has 1 heterocycles. The van der Waals surface area contributed by atoms with Crippen LogP contribution in [-0.2, 0) is 12.0 Å². The van der Waals surface area contributed by atoms with Gasteiger partial charge in [0.2, 0.25) is 0 Å². The van der Waals surface area contributed by atoms with Crippen LogP contribution in [0.4, 0.5) is 0 Å². The van der Waals surface area contributed by atoms with E-state index in [2.05, 4.69) is 30.1 Å². The molecule has 2 nitrogen and oxygen atoms in total. The van der Waals surface area contributed by atoms with Gasteiger partial charge in [-0.25, -0.2) is 4.98 Å². The number of nitrogens with zero attached hydrogens (tertiary/aromatic N) is 1. The highest BCUT2D eigenvalue weighted by Gasteiger charge is 2.38. The largest absolute Gasteiger partial charge is 0.378 e. The molecule has 17 heavy (non-hydrogen) atoms. The smallest absolute Gasteiger partial charge is 0.141 e. The highest BCUT2D eigenvalue weighted by Crippen LogP contribution is 2.41. The van der Waals surface area contributed by atoms with Crippen molar-refractivity contribution in [2.75, 3.05) is 0 Å². The quantitative estimate of drug-likeness (QED) is 0.837. The summed E-state index contributed by atoms with van der Waals surface area (Å²) in [6.45, 7) is 2.09. The first-order chi connectivity index (χ1) is 8.20. The van der Waals surface area contributed by atoms with E-state index < -0.39 is 5.60 Å². The third-order valence-electron chi connectivity index (χ3n) is 3.48. The Morgan fingerprint density at radius 1 is 1.41 bits per heavy atom. The Morgan fingerprint density at radius 2 is 2.29 bits per heavy atom. The van der Waals surface area contributed by atoms with Gasteiger partial charge in [-0.15, -0.1) is 11.3 Å². The lowest BCUT2D eigenvalue weighted by Gasteiger charge is -2.33. The van der Waals surface area contributed by atoms with Crippen molar-refractivity contribution >= 4 is 11.3 Å². The summed E-state index contributed by atoms with van der Waals surface area (Å²) < 4.78 is 0. The maximum Gasteiger partial charge on any atom is 0.141 e. The summed E-state index contributed by atoms with van der Waals surface area (Å²) in [7, 11) is 0. The monoisotopic (exact) mass is 245 g/mol. The molecule has 0 aliphatic heterocycles. The SMILES string of the molecule is Cc1ccc2c(c1)CCCC2(O)c1nccs1. The lowest BCUT2D eigenvalue weighted by Crippen LogP contribution is -2.31. The van der Waals surface area contributed by atoms with Crippen LogP contribution < -0.4 is 0 Å². The summed E-state index contributed by atoms with van der Waals surface area (Å²) in [5.74, 6) is 0. The number of aryl methyl sites for hydroxylation is 2. The Kier molecular flexibility index (Phi) is 2.53. The zero-order valence-electron chi connectivity index (χ0n) is 9.81. The fraction of sp³-hybridized carbons (Fsp3) is 0.357. The van der Waals surface area contributed by atoms with Crippen LogP contribution in [0.25, 0.3) is 0 Å². The summed E-state index contributed by atoms with van der Waals surface area (Å²) in [6, 6.07) is 6.32. The first-order valence-corrected chi connectivity index (χ1v) is 6.80. The minimum atomic E-state index is -0.866. The van der Waals surface area contributed by atoms with E-state index in [1.54, 1.807) is 6.20 Å². The molecule has 0 amide bonds. The molecular formula is C14H15NOS. The number of aromatic nitrogens is 1. The molecule has 1 aliphatic carbocycles. The standard InChI is InChI=1S/C14H15NOS/c1-10-4-5-12-11(9-10)3-2-6-14(12,16)13-15-7-8-17-13/h4-5,7-9,16H,2-3,6H2,1H3. The van der Waals surface area contributed by atoms with E-state index in [4.69, 9.17) is 0 Å². The van der Waals surface area contributed by atoms with Crippen LogP contribution in [0, 0.1) is 6.92 Å². The summed E-state index contributed by atoms with van der Waals surface area (Å²) in [4.78, 5) is 4.30. The van der Waals surface area contributed by atoms with Gasteiger partial charge >= 0.3 is 0 Å². The van der Waals surface area contributed by atoms with E-state index in [0.717, 1.165) is 29.8 Å². The van der Waals surface area contributed by atoms with Gasteiger partial charge in [-0.1, -0.05) is 23.8 Å². The number of hydrogen-bond donors (Lipinski definition) is 1. The molecule has 2 aromatic rings. The van der Waals surface area contributed by atoms with Gasteiger partial charge in [0.1, 0.15) is 10.6 Å². The third-order valence-corrected chi connectivity index (χ3v) is 4.40. The van der Waals surface area contributed by atoms with Crippen molar-refractivity contribution in [1.29, 1.82) is 0 Å². The van der Waals surface area contributed by atoms with Gasteiger partial charge in [-0.2, -0.15) is 0 Å². The minimum Gasteiger partial charge on any atom is -0.378 e. The van der Waals surface area contributed by atoms with Crippen LogP contribution in [0.3, 0.4) is 0 Å². The number of thiazole rings is 1. The van der Waals surface area contributed by atoms with E-state index in [0.29, 0.717) is 0 Å². The van der Waals surface area contributed by atoms with Gasteiger partial charge in [0, 0.05) is 11.6 Å². The average molecular weight is 245 g/mol. The Morgan fingerprint density at radius 3 is 3.06 bits per heavy atom. The van der Waals surface area contributed by atoms with Gasteiger partial charge < -0.3 is 5.11 Å². The Hall–Kier alpha value is -1.19. The third kappa shape index (κ3) is 1.70. The van der Waals surface area contributed by atoms with Crippen LogP contribution in [0.1, 0.15) is 34.5 Å². The molecule has 0 saturated heterocycles. The van der Waals surface area contributed by atoms with Gasteiger partial charge in [0.05, 0.1) is 0 Å². The number of aliphatic hydroxyl groups is 1. The van der Waals surface area contributed by atoms with Gasteiger partial charge in [0.15, 0.2) is 0 Å². The maximum absolute atomic E-state index is 10.9. The second kappa shape index (κ2) is 3.93. The van der Waals surface area contributed by atoms with E-state index in [1.807, 2.05) is 5.38 Å². The second-order valence-electron chi connectivity index (χ2n) is 4.71. The van der Waals surface area contributed by atoms with Crippen molar-refractivity contribution in [3.05, 3.63) is 51.5 Å². The molecule has 1 atom stereocenters. The fourth-order valence-corrected chi connectivity index (χ4v) is 3.43. The first kappa shape index (κ1) is 10.9. The first-order valence-electron chi connectivity index (χ1n) is 5.92. The molecular weight excluding hydrogens is 230 g/mol. The van der Waals surface area contributed by atoms with Gasteiger partial charge in [0.25, 0.3) is 0 Å². The molecule has 1 aromatic heterocycles. The molecule has 1 N–H and O–H groups in total. The van der Waals surface area contributed by atoms with Crippen LogP contribution in [-0.4, -0.2) is 10.1 Å². The normalized spacial score (nSPS) is 23.4. The highest BCUT2D eigenvalue weighted by atomic mass is 32.1. The van der Waals surface area contributed by atoms with Crippen molar-refractivity contribution in [1.82, 2.24) is 4.98 Å². The van der Waals surface area contributed by atoms with E-state index in [9.17, 15) is 5.11 Å². The molecule has 3 rings (SSSR count). The molecule has 0 spiro atoms. The molecule has 0 saturated carbocycles. The van der Waals surface area contributed by atoms with Crippen molar-refractivity contribution in [3.63, 3.8) is 0 Å². The second-order valence-corrected chi connectivity index (χ2v) is 5.61.